The molecule has 4 atom stereocenters. The summed E-state index contributed by atoms with van der Waals surface area (Å²) in [5.41, 5.74) is 1.82. The van der Waals surface area contributed by atoms with Gasteiger partial charge in [-0.05, 0) is 76.9 Å². The molecule has 0 saturated heterocycles. The Morgan fingerprint density at radius 2 is 1.93 bits per heavy atom. The Morgan fingerprint density at radius 1 is 1.17 bits per heavy atom. The highest BCUT2D eigenvalue weighted by Crippen LogP contribution is 2.28. The van der Waals surface area contributed by atoms with Crippen LogP contribution in [0.1, 0.15) is 69.3 Å². The van der Waals surface area contributed by atoms with Crippen LogP contribution in [0, 0.1) is 5.92 Å². The number of hydrogen-bond donors (Lipinski definition) is 2. The van der Waals surface area contributed by atoms with Crippen LogP contribution in [0.25, 0.3) is 0 Å². The van der Waals surface area contributed by atoms with Crippen LogP contribution in [-0.2, 0) is 16.0 Å². The minimum Gasteiger partial charge on any atom is -0.490 e. The summed E-state index contributed by atoms with van der Waals surface area (Å²) in [6.07, 6.45) is 3.87. The number of ether oxygens (including phenoxy) is 2. The number of likely N-dealkylation sites (N-methyl/N-ethyl adjacent to an activating group) is 1. The summed E-state index contributed by atoms with van der Waals surface area (Å²) in [5.74, 6) is 0.118. The number of aliphatic hydroxyl groups excluding tert-OH is 1. The number of nitrogens with one attached hydrogen (secondary N) is 1. The number of anilines is 1. The van der Waals surface area contributed by atoms with Crippen LogP contribution in [0.15, 0.2) is 48.5 Å². The summed E-state index contributed by atoms with van der Waals surface area (Å²) < 4.78 is 12.7. The standard InChI is InChI=1S/C33H49N3O5/c1-6-17-35(5)22-31-24(2)21-36(25(3)23-37)33(39)29-20-28(34-32(38)19-27-13-8-7-9-14-27)15-16-30(29)41-26(4)12-10-11-18-40-31/h7-9,13-16,20,24-26,31,37H,6,10-12,17-19,21-23H2,1-5H3,(H,34,38)/t24-,25-,26+,31-/m1/s1. The smallest absolute Gasteiger partial charge is 0.258 e. The quantitative estimate of drug-likeness (QED) is 0.443. The lowest BCUT2D eigenvalue weighted by Gasteiger charge is -2.35. The maximum atomic E-state index is 14.2. The van der Waals surface area contributed by atoms with Crippen molar-refractivity contribution in [3.05, 3.63) is 59.7 Å². The Bertz CT molecular complexity index is 1100. The van der Waals surface area contributed by atoms with E-state index in [4.69, 9.17) is 9.47 Å². The van der Waals surface area contributed by atoms with E-state index in [1.54, 1.807) is 23.1 Å². The lowest BCUT2D eigenvalue weighted by Crippen LogP contribution is -2.47. The first-order valence-corrected chi connectivity index (χ1v) is 15.1. The molecule has 2 aromatic rings. The van der Waals surface area contributed by atoms with E-state index in [9.17, 15) is 14.7 Å². The molecule has 8 heteroatoms. The third-order valence-corrected chi connectivity index (χ3v) is 7.64. The van der Waals surface area contributed by atoms with Crippen molar-refractivity contribution in [1.82, 2.24) is 9.80 Å². The van der Waals surface area contributed by atoms with E-state index in [0.717, 1.165) is 44.3 Å². The second kappa shape index (κ2) is 16.5. The molecule has 0 unspecified atom stereocenters. The minimum atomic E-state index is -0.409. The molecule has 1 aliphatic heterocycles. The predicted octanol–water partition coefficient (Wildman–Crippen LogP) is 5.01. The topological polar surface area (TPSA) is 91.3 Å². The number of nitrogens with zero attached hydrogens (tertiary/aromatic N) is 2. The highest BCUT2D eigenvalue weighted by atomic mass is 16.5. The highest BCUT2D eigenvalue weighted by Gasteiger charge is 2.30. The Morgan fingerprint density at radius 3 is 2.63 bits per heavy atom. The van der Waals surface area contributed by atoms with Crippen LogP contribution in [0.4, 0.5) is 5.69 Å². The van der Waals surface area contributed by atoms with Gasteiger partial charge < -0.3 is 29.7 Å². The van der Waals surface area contributed by atoms with Gasteiger partial charge in [0.2, 0.25) is 5.91 Å². The first kappa shape index (κ1) is 32.6. The van der Waals surface area contributed by atoms with Crippen molar-refractivity contribution in [3.63, 3.8) is 0 Å². The number of rotatable bonds is 9. The first-order chi connectivity index (χ1) is 19.7. The number of hydrogen-bond acceptors (Lipinski definition) is 6. The van der Waals surface area contributed by atoms with Gasteiger partial charge in [0.1, 0.15) is 5.75 Å². The third-order valence-electron chi connectivity index (χ3n) is 7.64. The molecule has 2 aromatic carbocycles. The van der Waals surface area contributed by atoms with Gasteiger partial charge in [0, 0.05) is 31.3 Å². The van der Waals surface area contributed by atoms with Crippen molar-refractivity contribution in [2.24, 2.45) is 5.92 Å². The maximum absolute atomic E-state index is 14.2. The molecule has 41 heavy (non-hydrogen) atoms. The first-order valence-electron chi connectivity index (χ1n) is 15.1. The van der Waals surface area contributed by atoms with Gasteiger partial charge in [-0.3, -0.25) is 9.59 Å². The van der Waals surface area contributed by atoms with E-state index in [1.165, 1.54) is 0 Å². The van der Waals surface area contributed by atoms with Crippen molar-refractivity contribution in [1.29, 1.82) is 0 Å². The number of benzene rings is 2. The summed E-state index contributed by atoms with van der Waals surface area (Å²) in [4.78, 5) is 31.0. The Hall–Kier alpha value is -2.94. The number of carbonyl (C=O) groups excluding carboxylic acids is 2. The molecule has 0 aliphatic carbocycles. The molecule has 0 aromatic heterocycles. The van der Waals surface area contributed by atoms with E-state index >= 15 is 0 Å². The third kappa shape index (κ3) is 10.1. The Kier molecular flexibility index (Phi) is 13.1. The van der Waals surface area contributed by atoms with Gasteiger partial charge in [0.05, 0.1) is 36.8 Å². The maximum Gasteiger partial charge on any atom is 0.258 e. The number of fused-ring (bicyclic) bond motifs is 1. The van der Waals surface area contributed by atoms with Crippen LogP contribution >= 0.6 is 0 Å². The van der Waals surface area contributed by atoms with E-state index in [0.29, 0.717) is 30.2 Å². The van der Waals surface area contributed by atoms with Gasteiger partial charge in [-0.25, -0.2) is 0 Å². The Labute approximate surface area is 246 Å². The number of carbonyl (C=O) groups is 2. The second-order valence-corrected chi connectivity index (χ2v) is 11.5. The van der Waals surface area contributed by atoms with Gasteiger partial charge in [-0.2, -0.15) is 0 Å². The number of aliphatic hydroxyl groups is 1. The zero-order chi connectivity index (χ0) is 29.8. The fourth-order valence-corrected chi connectivity index (χ4v) is 5.23. The van der Waals surface area contributed by atoms with E-state index in [1.807, 2.05) is 44.2 Å². The highest BCUT2D eigenvalue weighted by molar-refractivity contribution is 6.00. The van der Waals surface area contributed by atoms with Crippen molar-refractivity contribution in [2.45, 2.75) is 78.0 Å². The van der Waals surface area contributed by atoms with Gasteiger partial charge >= 0.3 is 0 Å². The molecule has 8 nitrogen and oxygen atoms in total. The normalized spacial score (nSPS) is 21.5. The van der Waals surface area contributed by atoms with E-state index in [-0.39, 0.29) is 43.0 Å². The summed E-state index contributed by atoms with van der Waals surface area (Å²) in [5, 5.41) is 13.1. The SMILES string of the molecule is CCCN(C)C[C@H]1OCCCC[C@H](C)Oc2ccc(NC(=O)Cc3ccccc3)cc2C(=O)N([C@H](C)CO)C[C@H]1C. The van der Waals surface area contributed by atoms with Gasteiger partial charge in [-0.15, -0.1) is 0 Å². The minimum absolute atomic E-state index is 0.0345. The largest absolute Gasteiger partial charge is 0.490 e. The summed E-state index contributed by atoms with van der Waals surface area (Å²) >= 11 is 0. The molecule has 3 rings (SSSR count). The average molecular weight is 568 g/mol. The van der Waals surface area contributed by atoms with Crippen molar-refractivity contribution in [2.75, 3.05) is 45.2 Å². The van der Waals surface area contributed by atoms with Crippen molar-refractivity contribution >= 4 is 17.5 Å². The molecular formula is C33H49N3O5. The lowest BCUT2D eigenvalue weighted by atomic mass is 10.0. The van der Waals surface area contributed by atoms with Crippen molar-refractivity contribution < 1.29 is 24.2 Å². The molecule has 0 spiro atoms. The van der Waals surface area contributed by atoms with Crippen LogP contribution < -0.4 is 10.1 Å². The fraction of sp³-hybridized carbons (Fsp3) is 0.576. The average Bonchev–Trinajstić information content (AvgIpc) is 2.95. The summed E-state index contributed by atoms with van der Waals surface area (Å²) in [6.45, 7) is 10.8. The predicted molar refractivity (Wildman–Crippen MR) is 163 cm³/mol. The molecular weight excluding hydrogens is 518 g/mol. The number of amides is 2. The van der Waals surface area contributed by atoms with Gasteiger partial charge in [0.15, 0.2) is 0 Å². The molecule has 1 heterocycles. The zero-order valence-corrected chi connectivity index (χ0v) is 25.5. The molecule has 226 valence electrons. The van der Waals surface area contributed by atoms with E-state index < -0.39 is 6.04 Å². The van der Waals surface area contributed by atoms with Gasteiger partial charge in [-0.1, -0.05) is 44.2 Å². The summed E-state index contributed by atoms with van der Waals surface area (Å²) in [6, 6.07) is 14.4. The Balaban J connectivity index is 1.92. The van der Waals surface area contributed by atoms with E-state index in [2.05, 4.69) is 31.1 Å². The second-order valence-electron chi connectivity index (χ2n) is 11.5. The molecule has 2 N–H and O–H groups in total. The molecule has 0 bridgehead atoms. The lowest BCUT2D eigenvalue weighted by molar-refractivity contribution is -0.115. The zero-order valence-electron chi connectivity index (χ0n) is 25.5. The molecule has 2 amide bonds. The fourth-order valence-electron chi connectivity index (χ4n) is 5.23. The van der Waals surface area contributed by atoms with Crippen LogP contribution in [0.5, 0.6) is 5.75 Å². The molecule has 1 aliphatic rings. The molecule has 0 fully saturated rings. The molecule has 0 radical (unpaired) electrons. The molecule has 0 saturated carbocycles. The van der Waals surface area contributed by atoms with Crippen molar-refractivity contribution in [3.8, 4) is 5.75 Å². The van der Waals surface area contributed by atoms with Crippen LogP contribution in [0.3, 0.4) is 0 Å². The van der Waals surface area contributed by atoms with Gasteiger partial charge in [0.25, 0.3) is 5.91 Å². The van der Waals surface area contributed by atoms with Crippen LogP contribution in [0.2, 0.25) is 0 Å². The summed E-state index contributed by atoms with van der Waals surface area (Å²) in [7, 11) is 2.10. The van der Waals surface area contributed by atoms with Crippen LogP contribution in [-0.4, -0.2) is 84.9 Å². The monoisotopic (exact) mass is 567 g/mol.